The molecule has 1 aliphatic rings. The molecule has 0 spiro atoms. The molecule has 0 aliphatic heterocycles. The van der Waals surface area contributed by atoms with Crippen molar-refractivity contribution in [1.82, 2.24) is 3.26 Å². The van der Waals surface area contributed by atoms with Gasteiger partial charge in [0.2, 0.25) is 0 Å². The first-order valence-electron chi connectivity index (χ1n) is 5.97. The maximum absolute atomic E-state index is 3.72. The number of halogens is 2. The Morgan fingerprint density at radius 3 is 2.12 bits per heavy atom. The smallest absolute Gasteiger partial charge is 0.147 e. The van der Waals surface area contributed by atoms with Gasteiger partial charge < -0.3 is 0 Å². The predicted octanol–water partition coefficient (Wildman–Crippen LogP) is 4.48. The quantitative estimate of drug-likeness (QED) is 0.716. The Kier molecular flexibility index (Phi) is 11.6. The Bertz CT molecular complexity index is 298. The standard InChI is InChI=1S/C9H13.C4H10N.2ClH.Zr/c1-6-5-7(2)9(4)8(6)3;1-2-3-4-5;;;/h6H,1-4H3;5H,2-4H2,1H3;2*1H;/q;-1;;;+1. The number of nitrogens with one attached hydrogen (secondary N) is 1. The molecule has 0 radical (unpaired) electrons. The van der Waals surface area contributed by atoms with Crippen LogP contribution in [0.15, 0.2) is 20.0 Å². The number of hydrogen-bond acceptors (Lipinski definition) is 1. The van der Waals surface area contributed by atoms with Crippen molar-refractivity contribution in [3.63, 3.8) is 0 Å². The van der Waals surface area contributed by atoms with Crippen LogP contribution in [0.2, 0.25) is 0 Å². The summed E-state index contributed by atoms with van der Waals surface area (Å²) < 4.78 is 5.48. The maximum Gasteiger partial charge on any atom is -0.147 e. The van der Waals surface area contributed by atoms with Crippen LogP contribution >= 0.6 is 24.8 Å². The fraction of sp³-hybridized carbons (Fsp3) is 0.692. The molecular weight excluding hydrogens is 332 g/mol. The third-order valence-corrected chi connectivity index (χ3v) is 7.22. The summed E-state index contributed by atoms with van der Waals surface area (Å²) in [5, 5.41) is 0. The Labute approximate surface area is 131 Å². The Morgan fingerprint density at radius 2 is 1.71 bits per heavy atom. The molecule has 1 N–H and O–H groups in total. The summed E-state index contributed by atoms with van der Waals surface area (Å²) >= 11 is -0.489. The maximum atomic E-state index is 3.72. The predicted molar refractivity (Wildman–Crippen MR) is 77.6 cm³/mol. The number of rotatable bonds is 5. The van der Waals surface area contributed by atoms with Crippen LogP contribution in [0.1, 0.15) is 47.5 Å². The van der Waals surface area contributed by atoms with Gasteiger partial charge in [-0.15, -0.1) is 24.8 Å². The van der Waals surface area contributed by atoms with Crippen LogP contribution in [0.3, 0.4) is 0 Å². The van der Waals surface area contributed by atoms with Crippen LogP contribution in [0.5, 0.6) is 0 Å². The van der Waals surface area contributed by atoms with Crippen LogP contribution in [0, 0.1) is 5.92 Å². The molecule has 1 aliphatic carbocycles. The van der Waals surface area contributed by atoms with Gasteiger partial charge in [-0.05, 0) is 0 Å². The van der Waals surface area contributed by atoms with Gasteiger partial charge in [0.15, 0.2) is 0 Å². The van der Waals surface area contributed by atoms with Crippen molar-refractivity contribution in [2.45, 2.75) is 47.5 Å². The van der Waals surface area contributed by atoms with E-state index >= 15 is 0 Å². The zero-order valence-electron chi connectivity index (χ0n) is 11.5. The second kappa shape index (κ2) is 9.78. The second-order valence-corrected chi connectivity index (χ2v) is 7.28. The van der Waals surface area contributed by atoms with Crippen LogP contribution < -0.4 is 3.26 Å². The zero-order valence-corrected chi connectivity index (χ0v) is 15.6. The normalized spacial score (nSPS) is 19.0. The van der Waals surface area contributed by atoms with Crippen molar-refractivity contribution in [3.8, 4) is 0 Å². The van der Waals surface area contributed by atoms with Gasteiger partial charge in [0.25, 0.3) is 0 Å². The van der Waals surface area contributed by atoms with E-state index in [2.05, 4.69) is 37.9 Å². The minimum absolute atomic E-state index is 0. The number of allylic oxidation sites excluding steroid dienone is 4. The second-order valence-electron chi connectivity index (χ2n) is 4.47. The molecule has 100 valence electrons. The SMILES string of the molecule is CCCC[NH][Zr][C]1=C(C)C(C)=C(C)C1C.Cl.Cl. The first kappa shape index (κ1) is 20.2. The van der Waals surface area contributed by atoms with E-state index in [9.17, 15) is 0 Å². The van der Waals surface area contributed by atoms with Crippen molar-refractivity contribution >= 4 is 24.8 Å². The Hall–Kier alpha value is 0.903. The minimum Gasteiger partial charge on any atom is -0.147 e. The molecule has 1 rings (SSSR count). The minimum atomic E-state index is -0.489. The third kappa shape index (κ3) is 5.19. The summed E-state index contributed by atoms with van der Waals surface area (Å²) in [6.45, 7) is 12.7. The zero-order chi connectivity index (χ0) is 11.4. The molecule has 17 heavy (non-hydrogen) atoms. The van der Waals surface area contributed by atoms with Gasteiger partial charge in [0, 0.05) is 0 Å². The molecular formula is C13H25Cl2NZr. The van der Waals surface area contributed by atoms with Gasteiger partial charge in [-0.2, -0.15) is 0 Å². The number of unbranched alkanes of at least 4 members (excludes halogenated alkanes) is 1. The van der Waals surface area contributed by atoms with E-state index in [1.807, 2.05) is 0 Å². The molecule has 1 atom stereocenters. The molecule has 0 fully saturated rings. The van der Waals surface area contributed by atoms with Crippen LogP contribution in [0.4, 0.5) is 0 Å². The summed E-state index contributed by atoms with van der Waals surface area (Å²) in [6.07, 6.45) is 2.63. The average Bonchev–Trinajstić information content (AvgIpc) is 2.41. The topological polar surface area (TPSA) is 12.0 Å². The molecule has 0 aromatic carbocycles. The molecule has 0 amide bonds. The number of hydrogen-bond donors (Lipinski definition) is 1. The summed E-state index contributed by atoms with van der Waals surface area (Å²) in [5.41, 5.74) is 4.74. The van der Waals surface area contributed by atoms with Gasteiger partial charge in [-0.3, -0.25) is 0 Å². The molecule has 0 aromatic rings. The third-order valence-electron chi connectivity index (χ3n) is 3.52. The van der Waals surface area contributed by atoms with Crippen LogP contribution in [-0.4, -0.2) is 6.54 Å². The van der Waals surface area contributed by atoms with Crippen LogP contribution in [-0.2, 0) is 23.5 Å². The summed E-state index contributed by atoms with van der Waals surface area (Å²) in [6, 6.07) is 0. The first-order chi connectivity index (χ1) is 7.09. The van der Waals surface area contributed by atoms with E-state index in [1.54, 1.807) is 20.0 Å². The molecule has 1 nitrogen and oxygen atoms in total. The van der Waals surface area contributed by atoms with Gasteiger partial charge in [0.05, 0.1) is 0 Å². The van der Waals surface area contributed by atoms with E-state index in [4.69, 9.17) is 0 Å². The molecule has 0 saturated heterocycles. The fourth-order valence-electron chi connectivity index (χ4n) is 1.99. The van der Waals surface area contributed by atoms with Crippen molar-refractivity contribution in [1.29, 1.82) is 0 Å². The van der Waals surface area contributed by atoms with Gasteiger partial charge in [-0.1, -0.05) is 0 Å². The first-order valence-corrected chi connectivity index (χ1v) is 8.42. The molecule has 0 aromatic heterocycles. The van der Waals surface area contributed by atoms with Gasteiger partial charge >= 0.3 is 107 Å². The molecule has 4 heteroatoms. The van der Waals surface area contributed by atoms with E-state index in [0.717, 1.165) is 5.92 Å². The fourth-order valence-corrected chi connectivity index (χ4v) is 5.18. The van der Waals surface area contributed by atoms with E-state index < -0.39 is 23.5 Å². The summed E-state index contributed by atoms with van der Waals surface area (Å²) in [7, 11) is 0. The van der Waals surface area contributed by atoms with E-state index in [0.29, 0.717) is 0 Å². The largest absolute Gasteiger partial charge is 0.147 e. The average molecular weight is 357 g/mol. The van der Waals surface area contributed by atoms with Crippen molar-refractivity contribution in [2.75, 3.05) is 6.54 Å². The van der Waals surface area contributed by atoms with Gasteiger partial charge in [0.1, 0.15) is 0 Å². The summed E-state index contributed by atoms with van der Waals surface area (Å²) in [4.78, 5) is 0. The van der Waals surface area contributed by atoms with E-state index in [-0.39, 0.29) is 24.8 Å². The molecule has 0 heterocycles. The van der Waals surface area contributed by atoms with Crippen LogP contribution in [0.25, 0.3) is 0 Å². The van der Waals surface area contributed by atoms with E-state index in [1.165, 1.54) is 19.4 Å². The Balaban J connectivity index is 0. The monoisotopic (exact) mass is 355 g/mol. The van der Waals surface area contributed by atoms with Crippen molar-refractivity contribution in [2.24, 2.45) is 5.92 Å². The molecule has 0 bridgehead atoms. The summed E-state index contributed by atoms with van der Waals surface area (Å²) in [5.74, 6) is 0.728. The molecule has 1 unspecified atom stereocenters. The van der Waals surface area contributed by atoms with Crippen molar-refractivity contribution in [3.05, 3.63) is 20.0 Å². The van der Waals surface area contributed by atoms with Crippen molar-refractivity contribution < 1.29 is 23.5 Å². The Morgan fingerprint density at radius 1 is 1.12 bits per heavy atom. The molecule has 0 saturated carbocycles. The van der Waals surface area contributed by atoms with Gasteiger partial charge in [-0.25, -0.2) is 0 Å².